The van der Waals surface area contributed by atoms with Gasteiger partial charge in [-0.3, -0.25) is 19.3 Å². The number of carbonyl (C=O) groups is 3. The molecule has 2 aliphatic carbocycles. The minimum atomic E-state index is -0.397. The lowest BCUT2D eigenvalue weighted by molar-refractivity contribution is -0.143. The highest BCUT2D eigenvalue weighted by molar-refractivity contribution is 6.09. The number of nitrogens with zero attached hydrogens (tertiary/aromatic N) is 1. The van der Waals surface area contributed by atoms with E-state index in [1.54, 1.807) is 7.11 Å². The van der Waals surface area contributed by atoms with Crippen molar-refractivity contribution in [2.45, 2.75) is 32.6 Å². The molecule has 0 spiro atoms. The van der Waals surface area contributed by atoms with Gasteiger partial charge in [0.2, 0.25) is 17.7 Å². The van der Waals surface area contributed by atoms with Crippen LogP contribution in [0.1, 0.15) is 32.8 Å². The molecule has 3 amide bonds. The number of methoxy groups -OCH3 is 1. The van der Waals surface area contributed by atoms with Gasteiger partial charge in [-0.1, -0.05) is 39.0 Å². The monoisotopic (exact) mass is 382 g/mol. The minimum Gasteiger partial charge on any atom is -0.495 e. The fourth-order valence-electron chi connectivity index (χ4n) is 4.73. The quantitative estimate of drug-likeness (QED) is 0.642. The Kier molecular flexibility index (Phi) is 4.32. The van der Waals surface area contributed by atoms with Crippen molar-refractivity contribution in [3.8, 4) is 5.75 Å². The highest BCUT2D eigenvalue weighted by Gasteiger charge is 2.59. The third kappa shape index (κ3) is 2.91. The summed E-state index contributed by atoms with van der Waals surface area (Å²) in [6.45, 7) is 6.00. The number of rotatable bonds is 4. The summed E-state index contributed by atoms with van der Waals surface area (Å²) in [7, 11) is 1.54. The lowest BCUT2D eigenvalue weighted by Crippen LogP contribution is -2.39. The first-order valence-corrected chi connectivity index (χ1v) is 9.72. The van der Waals surface area contributed by atoms with Crippen molar-refractivity contribution in [1.82, 2.24) is 4.90 Å². The smallest absolute Gasteiger partial charge is 0.244 e. The first kappa shape index (κ1) is 18.7. The molecule has 0 aromatic heterocycles. The van der Waals surface area contributed by atoms with Gasteiger partial charge in [-0.15, -0.1) is 0 Å². The van der Waals surface area contributed by atoms with E-state index in [0.717, 1.165) is 16.9 Å². The number of anilines is 1. The average Bonchev–Trinajstić information content (AvgIpc) is 3.31. The summed E-state index contributed by atoms with van der Waals surface area (Å²) in [6.07, 6.45) is 4.97. The predicted molar refractivity (Wildman–Crippen MR) is 105 cm³/mol. The number of ether oxygens (including phenoxy) is 1. The molecule has 28 heavy (non-hydrogen) atoms. The Morgan fingerprint density at radius 1 is 1.14 bits per heavy atom. The fourth-order valence-corrected chi connectivity index (χ4v) is 4.73. The maximum atomic E-state index is 12.8. The summed E-state index contributed by atoms with van der Waals surface area (Å²) in [6, 6.07) is 5.66. The average molecular weight is 382 g/mol. The number of nitrogens with one attached hydrogen (secondary N) is 1. The first-order chi connectivity index (χ1) is 13.2. The first-order valence-electron chi connectivity index (χ1n) is 9.72. The highest BCUT2D eigenvalue weighted by Crippen LogP contribution is 2.52. The summed E-state index contributed by atoms with van der Waals surface area (Å²) in [5, 5.41) is 2.82. The van der Waals surface area contributed by atoms with Crippen LogP contribution in [0.5, 0.6) is 5.75 Å². The third-order valence-electron chi connectivity index (χ3n) is 6.20. The van der Waals surface area contributed by atoms with Crippen molar-refractivity contribution in [2.75, 3.05) is 19.0 Å². The molecule has 4 atom stereocenters. The van der Waals surface area contributed by atoms with Crippen molar-refractivity contribution in [3.63, 3.8) is 0 Å². The molecule has 1 aromatic rings. The number of fused-ring (bicyclic) bond motifs is 5. The van der Waals surface area contributed by atoms with Crippen LogP contribution >= 0.6 is 0 Å². The molecule has 6 heteroatoms. The SMILES string of the molecule is COc1ccc(C(C)(C)C)cc1NC(=O)CN1C(=O)[C@@H]2[C@@H](C1=O)[C@H]1C=C[C@H]2C1. The van der Waals surface area contributed by atoms with E-state index in [4.69, 9.17) is 4.74 Å². The van der Waals surface area contributed by atoms with Crippen LogP contribution in [0.15, 0.2) is 30.4 Å². The maximum Gasteiger partial charge on any atom is 0.244 e. The topological polar surface area (TPSA) is 75.7 Å². The Morgan fingerprint density at radius 2 is 1.75 bits per heavy atom. The van der Waals surface area contributed by atoms with E-state index < -0.39 is 5.91 Å². The maximum absolute atomic E-state index is 12.8. The van der Waals surface area contributed by atoms with Gasteiger partial charge in [0.1, 0.15) is 12.3 Å². The molecule has 1 heterocycles. The zero-order valence-electron chi connectivity index (χ0n) is 16.7. The van der Waals surface area contributed by atoms with Gasteiger partial charge in [0.25, 0.3) is 0 Å². The van der Waals surface area contributed by atoms with Crippen LogP contribution in [0.25, 0.3) is 0 Å². The van der Waals surface area contributed by atoms with Crippen LogP contribution in [-0.4, -0.2) is 36.3 Å². The summed E-state index contributed by atoms with van der Waals surface area (Å²) in [4.78, 5) is 39.3. The van der Waals surface area contributed by atoms with Gasteiger partial charge in [-0.05, 0) is 41.4 Å². The number of hydrogen-bond donors (Lipinski definition) is 1. The number of hydrogen-bond acceptors (Lipinski definition) is 4. The molecule has 6 nitrogen and oxygen atoms in total. The van der Waals surface area contributed by atoms with E-state index >= 15 is 0 Å². The standard InChI is InChI=1S/C22H26N2O4/c1-22(2,3)14-7-8-16(28-4)15(10-14)23-17(25)11-24-20(26)18-12-5-6-13(9-12)19(18)21(24)27/h5-8,10,12-13,18-19H,9,11H2,1-4H3,(H,23,25)/t12-,13-,18-,19-/m0/s1. The molecule has 0 unspecified atom stereocenters. The van der Waals surface area contributed by atoms with Crippen molar-refractivity contribution in [3.05, 3.63) is 35.9 Å². The highest BCUT2D eigenvalue weighted by atomic mass is 16.5. The van der Waals surface area contributed by atoms with Crippen molar-refractivity contribution in [2.24, 2.45) is 23.7 Å². The molecule has 3 aliphatic rings. The summed E-state index contributed by atoms with van der Waals surface area (Å²) in [5.41, 5.74) is 1.51. The molecule has 1 saturated carbocycles. The van der Waals surface area contributed by atoms with E-state index in [-0.39, 0.29) is 47.4 Å². The van der Waals surface area contributed by atoms with Gasteiger partial charge in [0, 0.05) is 0 Å². The molecule has 0 radical (unpaired) electrons. The summed E-state index contributed by atoms with van der Waals surface area (Å²) in [5.74, 6) is -0.560. The number of allylic oxidation sites excluding steroid dienone is 2. The fraction of sp³-hybridized carbons (Fsp3) is 0.500. The largest absolute Gasteiger partial charge is 0.495 e. The molecular weight excluding hydrogens is 356 g/mol. The Bertz CT molecular complexity index is 853. The van der Waals surface area contributed by atoms with Gasteiger partial charge in [0.15, 0.2) is 0 Å². The van der Waals surface area contributed by atoms with Crippen LogP contribution in [0.3, 0.4) is 0 Å². The van der Waals surface area contributed by atoms with E-state index in [0.29, 0.717) is 11.4 Å². The lowest BCUT2D eigenvalue weighted by Gasteiger charge is -2.22. The normalized spacial score (nSPS) is 28.1. The number of imide groups is 1. The van der Waals surface area contributed by atoms with E-state index in [1.165, 1.54) is 0 Å². The number of benzene rings is 1. The Hall–Kier alpha value is -2.63. The predicted octanol–water partition coefficient (Wildman–Crippen LogP) is 2.74. The van der Waals surface area contributed by atoms with E-state index in [9.17, 15) is 14.4 Å². The van der Waals surface area contributed by atoms with Crippen LogP contribution in [-0.2, 0) is 19.8 Å². The second kappa shape index (κ2) is 6.47. The summed E-state index contributed by atoms with van der Waals surface area (Å²) < 4.78 is 5.35. The Labute approximate surface area is 164 Å². The third-order valence-corrected chi connectivity index (χ3v) is 6.20. The molecule has 1 aromatic carbocycles. The van der Waals surface area contributed by atoms with E-state index in [2.05, 4.69) is 26.1 Å². The number of amides is 3. The second-order valence-electron chi connectivity index (χ2n) is 8.98. The van der Waals surface area contributed by atoms with Crippen molar-refractivity contribution < 1.29 is 19.1 Å². The Morgan fingerprint density at radius 3 is 2.29 bits per heavy atom. The molecular formula is C22H26N2O4. The minimum absolute atomic E-state index is 0.0869. The zero-order chi connectivity index (χ0) is 20.2. The molecule has 2 fully saturated rings. The van der Waals surface area contributed by atoms with Crippen LogP contribution < -0.4 is 10.1 Å². The van der Waals surface area contributed by atoms with Gasteiger partial charge >= 0.3 is 0 Å². The molecule has 1 N–H and O–H groups in total. The molecule has 1 saturated heterocycles. The molecule has 1 aliphatic heterocycles. The van der Waals surface area contributed by atoms with Crippen molar-refractivity contribution >= 4 is 23.4 Å². The zero-order valence-corrected chi connectivity index (χ0v) is 16.7. The lowest BCUT2D eigenvalue weighted by atomic mass is 9.85. The molecule has 4 rings (SSSR count). The van der Waals surface area contributed by atoms with Gasteiger partial charge in [-0.2, -0.15) is 0 Å². The number of likely N-dealkylation sites (tertiary alicyclic amines) is 1. The van der Waals surface area contributed by atoms with Gasteiger partial charge in [0.05, 0.1) is 24.6 Å². The second-order valence-corrected chi connectivity index (χ2v) is 8.98. The van der Waals surface area contributed by atoms with Crippen LogP contribution in [0.2, 0.25) is 0 Å². The Balaban J connectivity index is 1.50. The number of carbonyl (C=O) groups excluding carboxylic acids is 3. The van der Waals surface area contributed by atoms with Gasteiger partial charge in [-0.25, -0.2) is 0 Å². The van der Waals surface area contributed by atoms with Crippen LogP contribution in [0.4, 0.5) is 5.69 Å². The van der Waals surface area contributed by atoms with Gasteiger partial charge < -0.3 is 10.1 Å². The molecule has 148 valence electrons. The molecule has 2 bridgehead atoms. The van der Waals surface area contributed by atoms with E-state index in [1.807, 2.05) is 30.4 Å². The van der Waals surface area contributed by atoms with Crippen molar-refractivity contribution in [1.29, 1.82) is 0 Å². The summed E-state index contributed by atoms with van der Waals surface area (Å²) >= 11 is 0. The van der Waals surface area contributed by atoms with Crippen LogP contribution in [0, 0.1) is 23.7 Å².